The van der Waals surface area contributed by atoms with Gasteiger partial charge in [-0.15, -0.1) is 0 Å². The Morgan fingerprint density at radius 2 is 1.92 bits per heavy atom. The van der Waals surface area contributed by atoms with Gasteiger partial charge in [-0.1, -0.05) is 26.0 Å². The van der Waals surface area contributed by atoms with Crippen LogP contribution in [0.5, 0.6) is 0 Å². The molecule has 0 amide bonds. The fourth-order valence-corrected chi connectivity index (χ4v) is 1.06. The lowest BCUT2D eigenvalue weighted by atomic mass is 9.67. The van der Waals surface area contributed by atoms with Crippen molar-refractivity contribution in [1.82, 2.24) is 0 Å². The molecule has 1 aromatic carbocycles. The van der Waals surface area contributed by atoms with Crippen LogP contribution in [-0.4, -0.2) is 7.85 Å². The van der Waals surface area contributed by atoms with Crippen LogP contribution in [0.4, 0.5) is 4.39 Å². The van der Waals surface area contributed by atoms with E-state index in [0.29, 0.717) is 5.56 Å². The van der Waals surface area contributed by atoms with Gasteiger partial charge < -0.3 is 0 Å². The topological polar surface area (TPSA) is 0 Å². The van der Waals surface area contributed by atoms with Crippen molar-refractivity contribution in [1.29, 1.82) is 0 Å². The van der Waals surface area contributed by atoms with E-state index in [-0.39, 0.29) is 11.1 Å². The van der Waals surface area contributed by atoms with Crippen LogP contribution in [0, 0.1) is 12.7 Å². The third-order valence-corrected chi connectivity index (χ3v) is 2.04. The summed E-state index contributed by atoms with van der Waals surface area (Å²) < 4.78 is 13.1. The average Bonchev–Trinajstić information content (AvgIpc) is 1.92. The Balaban J connectivity index is 3.14. The quantitative estimate of drug-likeness (QED) is 0.557. The third kappa shape index (κ3) is 1.87. The summed E-state index contributed by atoms with van der Waals surface area (Å²) in [4.78, 5) is 0. The zero-order valence-electron chi connectivity index (χ0n) is 8.11. The highest BCUT2D eigenvalue weighted by Crippen LogP contribution is 2.20. The van der Waals surface area contributed by atoms with Crippen LogP contribution in [0.3, 0.4) is 0 Å². The zero-order valence-corrected chi connectivity index (χ0v) is 8.11. The second kappa shape index (κ2) is 2.93. The minimum absolute atomic E-state index is 0.0362. The van der Waals surface area contributed by atoms with E-state index in [1.165, 1.54) is 0 Å². The van der Waals surface area contributed by atoms with Crippen molar-refractivity contribution in [3.05, 3.63) is 35.1 Å². The summed E-state index contributed by atoms with van der Waals surface area (Å²) in [5.74, 6) is -0.109. The molecule has 0 N–H and O–H groups in total. The third-order valence-electron chi connectivity index (χ3n) is 2.04. The molecule has 0 nitrogen and oxygen atoms in total. The second-order valence-corrected chi connectivity index (χ2v) is 4.21. The maximum absolute atomic E-state index is 13.1. The summed E-state index contributed by atoms with van der Waals surface area (Å²) >= 11 is 0. The number of benzene rings is 1. The molecule has 12 heavy (non-hydrogen) atoms. The molecular weight excluding hydrogens is 150 g/mol. The molecule has 0 aliphatic carbocycles. The molecule has 0 aliphatic rings. The summed E-state index contributed by atoms with van der Waals surface area (Å²) in [5, 5.41) is 0.0362. The summed E-state index contributed by atoms with van der Waals surface area (Å²) in [6.45, 7) is 5.94. The predicted molar refractivity (Wildman–Crippen MR) is 52.7 cm³/mol. The second-order valence-electron chi connectivity index (χ2n) is 4.21. The summed E-state index contributed by atoms with van der Waals surface area (Å²) in [5.41, 5.74) is 1.76. The van der Waals surface area contributed by atoms with Crippen molar-refractivity contribution in [3.63, 3.8) is 0 Å². The van der Waals surface area contributed by atoms with Crippen LogP contribution in [0.25, 0.3) is 0 Å². The van der Waals surface area contributed by atoms with Crippen molar-refractivity contribution in [2.75, 3.05) is 0 Å². The molecule has 1 rings (SSSR count). The van der Waals surface area contributed by atoms with Gasteiger partial charge >= 0.3 is 0 Å². The molecule has 0 aromatic heterocycles. The van der Waals surface area contributed by atoms with Crippen LogP contribution in [0.2, 0.25) is 0 Å². The molecule has 0 aliphatic heterocycles. The summed E-state index contributed by atoms with van der Waals surface area (Å²) in [6, 6.07) is 5.43. The molecule has 0 heterocycles. The Kier molecular flexibility index (Phi) is 2.27. The molecule has 0 spiro atoms. The van der Waals surface area contributed by atoms with Crippen molar-refractivity contribution in [3.8, 4) is 0 Å². The maximum atomic E-state index is 13.1. The minimum atomic E-state index is -0.109. The van der Waals surface area contributed by atoms with Gasteiger partial charge in [0.25, 0.3) is 0 Å². The number of aryl methyl sites for hydroxylation is 1. The van der Waals surface area contributed by atoms with Gasteiger partial charge in [0.2, 0.25) is 0 Å². The molecule has 0 unspecified atom stereocenters. The predicted octanol–water partition coefficient (Wildman–Crippen LogP) is 2.00. The van der Waals surface area contributed by atoms with Gasteiger partial charge in [-0.3, -0.25) is 0 Å². The van der Waals surface area contributed by atoms with Gasteiger partial charge in [0.15, 0.2) is 0 Å². The monoisotopic (exact) mass is 164 g/mol. The Morgan fingerprint density at radius 3 is 2.33 bits per heavy atom. The molecular formula is C10H14BF. The lowest BCUT2D eigenvalue weighted by Gasteiger charge is -2.19. The zero-order chi connectivity index (χ0) is 9.35. The lowest BCUT2D eigenvalue weighted by Crippen LogP contribution is -2.16. The number of hydrogen-bond donors (Lipinski definition) is 0. The first-order valence-corrected chi connectivity index (χ1v) is 4.18. The number of rotatable bonds is 1. The largest absolute Gasteiger partial charge is 0.207 e. The first-order valence-electron chi connectivity index (χ1n) is 4.18. The molecule has 0 atom stereocenters. The van der Waals surface area contributed by atoms with Gasteiger partial charge in [0.1, 0.15) is 13.7 Å². The Hall–Kier alpha value is -0.785. The molecule has 0 saturated heterocycles. The van der Waals surface area contributed by atoms with E-state index in [2.05, 4.69) is 21.7 Å². The first kappa shape index (κ1) is 9.30. The van der Waals surface area contributed by atoms with Crippen molar-refractivity contribution < 1.29 is 4.39 Å². The number of halogens is 1. The fraction of sp³-hybridized carbons (Fsp3) is 0.400. The van der Waals surface area contributed by atoms with E-state index in [1.54, 1.807) is 13.0 Å². The first-order chi connectivity index (χ1) is 5.41. The fourth-order valence-electron chi connectivity index (χ4n) is 1.06. The van der Waals surface area contributed by atoms with E-state index in [0.717, 1.165) is 5.56 Å². The molecule has 0 saturated carbocycles. The normalized spacial score (nSPS) is 11.7. The van der Waals surface area contributed by atoms with Crippen molar-refractivity contribution >= 4 is 7.85 Å². The molecule has 2 heteroatoms. The average molecular weight is 164 g/mol. The summed E-state index contributed by atoms with van der Waals surface area (Å²) in [7, 11) is 2.08. The van der Waals surface area contributed by atoms with E-state index in [9.17, 15) is 4.39 Å². The van der Waals surface area contributed by atoms with Crippen LogP contribution in [-0.2, 0) is 5.31 Å². The Morgan fingerprint density at radius 1 is 1.33 bits per heavy atom. The smallest absolute Gasteiger partial charge is 0.126 e. The molecule has 0 radical (unpaired) electrons. The van der Waals surface area contributed by atoms with E-state index >= 15 is 0 Å². The Labute approximate surface area is 74.2 Å². The van der Waals surface area contributed by atoms with Crippen LogP contribution in [0.1, 0.15) is 25.0 Å². The molecule has 0 fully saturated rings. The highest BCUT2D eigenvalue weighted by molar-refractivity contribution is 6.15. The minimum Gasteiger partial charge on any atom is -0.207 e. The van der Waals surface area contributed by atoms with Crippen LogP contribution in [0.15, 0.2) is 18.2 Å². The van der Waals surface area contributed by atoms with Gasteiger partial charge in [-0.2, -0.15) is 0 Å². The van der Waals surface area contributed by atoms with E-state index in [4.69, 9.17) is 0 Å². The van der Waals surface area contributed by atoms with Gasteiger partial charge in [0.05, 0.1) is 0 Å². The number of hydrogen-bond acceptors (Lipinski definition) is 0. The summed E-state index contributed by atoms with van der Waals surface area (Å²) in [6.07, 6.45) is 0. The standard InChI is InChI=1S/C10H14BF/c1-7-4-5-8(6-9(7)12)10(2,3)11/h4-6H,11H2,1-3H3. The van der Waals surface area contributed by atoms with Crippen molar-refractivity contribution in [2.24, 2.45) is 0 Å². The SMILES string of the molecule is BC(C)(C)c1ccc(C)c(F)c1. The molecule has 0 bridgehead atoms. The highest BCUT2D eigenvalue weighted by atomic mass is 19.1. The van der Waals surface area contributed by atoms with Gasteiger partial charge in [-0.05, 0) is 29.4 Å². The van der Waals surface area contributed by atoms with E-state index < -0.39 is 0 Å². The highest BCUT2D eigenvalue weighted by Gasteiger charge is 2.14. The van der Waals surface area contributed by atoms with Gasteiger partial charge in [0, 0.05) is 0 Å². The molecule has 64 valence electrons. The molecule has 1 aromatic rings. The van der Waals surface area contributed by atoms with Crippen molar-refractivity contribution in [2.45, 2.75) is 26.1 Å². The van der Waals surface area contributed by atoms with Crippen LogP contribution < -0.4 is 0 Å². The van der Waals surface area contributed by atoms with E-state index in [1.807, 2.05) is 12.1 Å². The van der Waals surface area contributed by atoms with Crippen LogP contribution >= 0.6 is 0 Å². The Bertz CT molecular complexity index is 286. The van der Waals surface area contributed by atoms with Gasteiger partial charge in [-0.25, -0.2) is 4.39 Å². The maximum Gasteiger partial charge on any atom is 0.126 e. The lowest BCUT2D eigenvalue weighted by molar-refractivity contribution is 0.611.